The van der Waals surface area contributed by atoms with Gasteiger partial charge in [-0.05, 0) is 44.2 Å². The Labute approximate surface area is 163 Å². The summed E-state index contributed by atoms with van der Waals surface area (Å²) in [5.74, 6) is 0. The highest BCUT2D eigenvalue weighted by molar-refractivity contribution is 7.94. The molecule has 27 heavy (non-hydrogen) atoms. The van der Waals surface area contributed by atoms with E-state index in [-0.39, 0.29) is 5.41 Å². The average molecular weight is 383 g/mol. The average Bonchev–Trinajstić information content (AvgIpc) is 2.87. The first-order valence-corrected chi connectivity index (χ1v) is 9.33. The van der Waals surface area contributed by atoms with Crippen molar-refractivity contribution in [1.29, 1.82) is 0 Å². The van der Waals surface area contributed by atoms with E-state index in [4.69, 9.17) is 5.26 Å². The molecule has 0 spiro atoms. The van der Waals surface area contributed by atoms with Crippen LogP contribution in [0.25, 0.3) is 0 Å². The standard InChI is InChI=1S/C21H22N2O3S/c1-21(2)18-15-17(27-26-25-24)12-13-19(18)23(3)20(21)11-7-8-14-22-16-9-5-4-6-10-16/h4-15,24H,1-3H3/p+1. The zero-order valence-electron chi connectivity index (χ0n) is 15.5. The number of fused-ring (bicyclic) bond motifs is 1. The fourth-order valence-electron chi connectivity index (χ4n) is 3.30. The van der Waals surface area contributed by atoms with Gasteiger partial charge >= 0.3 is 0 Å². The molecule has 0 amide bonds. The van der Waals surface area contributed by atoms with Gasteiger partial charge in [0.2, 0.25) is 5.69 Å². The minimum atomic E-state index is -0.155. The van der Waals surface area contributed by atoms with Gasteiger partial charge in [0, 0.05) is 34.5 Å². The maximum Gasteiger partial charge on any atom is 0.209 e. The Balaban J connectivity index is 1.74. The molecule has 0 aromatic heterocycles. The summed E-state index contributed by atoms with van der Waals surface area (Å²) in [7, 11) is 2.07. The SMILES string of the molecule is C[N+]1=C(/C=C/C=C/Nc2ccccc2)C(C)(C)c2cc(SOOO)ccc21. The van der Waals surface area contributed by atoms with Crippen molar-refractivity contribution in [3.63, 3.8) is 0 Å². The highest BCUT2D eigenvalue weighted by atomic mass is 32.2. The molecule has 0 radical (unpaired) electrons. The highest BCUT2D eigenvalue weighted by Crippen LogP contribution is 2.41. The van der Waals surface area contributed by atoms with Gasteiger partial charge in [0.15, 0.2) is 5.71 Å². The second-order valence-electron chi connectivity index (χ2n) is 6.70. The van der Waals surface area contributed by atoms with Crippen molar-refractivity contribution >= 4 is 29.1 Å². The summed E-state index contributed by atoms with van der Waals surface area (Å²) in [6.07, 6.45) is 8.07. The molecular weight excluding hydrogens is 360 g/mol. The first-order valence-electron chi connectivity index (χ1n) is 8.59. The lowest BCUT2D eigenvalue weighted by atomic mass is 9.81. The number of nitrogens with zero attached hydrogens (tertiary/aromatic N) is 1. The number of nitrogens with one attached hydrogen (secondary N) is 1. The molecular formula is C21H23N2O3S+. The molecule has 2 aromatic carbocycles. The van der Waals surface area contributed by atoms with Gasteiger partial charge in [-0.15, -0.1) is 4.33 Å². The molecule has 3 rings (SSSR count). The molecule has 1 aliphatic heterocycles. The van der Waals surface area contributed by atoms with Gasteiger partial charge in [-0.3, -0.25) is 0 Å². The monoisotopic (exact) mass is 383 g/mol. The van der Waals surface area contributed by atoms with Gasteiger partial charge in [-0.25, -0.2) is 5.26 Å². The molecule has 0 unspecified atom stereocenters. The fourth-order valence-corrected chi connectivity index (χ4v) is 3.70. The van der Waals surface area contributed by atoms with Crippen molar-refractivity contribution in [2.24, 2.45) is 0 Å². The van der Waals surface area contributed by atoms with Gasteiger partial charge < -0.3 is 5.32 Å². The first kappa shape index (κ1) is 19.4. The van der Waals surface area contributed by atoms with E-state index in [9.17, 15) is 0 Å². The van der Waals surface area contributed by atoms with Gasteiger partial charge in [0.05, 0.1) is 17.5 Å². The smallest absolute Gasteiger partial charge is 0.209 e. The molecule has 2 N–H and O–H groups in total. The Hall–Kier alpha value is -2.38. The fraction of sp³-hybridized carbons (Fsp3) is 0.190. The van der Waals surface area contributed by atoms with Crippen LogP contribution in [-0.4, -0.2) is 22.6 Å². The third-order valence-corrected chi connectivity index (χ3v) is 5.23. The van der Waals surface area contributed by atoms with Gasteiger partial charge in [-0.1, -0.05) is 29.3 Å². The van der Waals surface area contributed by atoms with Gasteiger partial charge in [0.1, 0.15) is 7.05 Å². The summed E-state index contributed by atoms with van der Waals surface area (Å²) in [4.78, 5) is 0.862. The number of hydrogen-bond acceptors (Lipinski definition) is 5. The van der Waals surface area contributed by atoms with Crippen molar-refractivity contribution < 1.29 is 19.2 Å². The second kappa shape index (κ2) is 8.54. The quantitative estimate of drug-likeness (QED) is 0.223. The molecule has 0 saturated carbocycles. The van der Waals surface area contributed by atoms with Gasteiger partial charge in [-0.2, -0.15) is 4.58 Å². The van der Waals surface area contributed by atoms with Crippen molar-refractivity contribution in [1.82, 2.24) is 0 Å². The van der Waals surface area contributed by atoms with E-state index < -0.39 is 0 Å². The molecule has 0 fully saturated rings. The molecule has 1 aliphatic rings. The number of rotatable bonds is 7. The number of hydrogen-bond donors (Lipinski definition) is 2. The Kier molecular flexibility index (Phi) is 6.13. The van der Waals surface area contributed by atoms with Crippen LogP contribution >= 0.6 is 12.0 Å². The van der Waals surface area contributed by atoms with Crippen molar-refractivity contribution in [2.75, 3.05) is 12.4 Å². The topological polar surface area (TPSA) is 53.7 Å². The molecule has 140 valence electrons. The van der Waals surface area contributed by atoms with E-state index in [0.717, 1.165) is 28.3 Å². The third-order valence-electron chi connectivity index (χ3n) is 4.65. The molecule has 0 atom stereocenters. The van der Waals surface area contributed by atoms with Crippen molar-refractivity contribution in [2.45, 2.75) is 24.2 Å². The van der Waals surface area contributed by atoms with Crippen LogP contribution in [0.4, 0.5) is 11.4 Å². The van der Waals surface area contributed by atoms with Crippen LogP contribution in [0.1, 0.15) is 19.4 Å². The van der Waals surface area contributed by atoms with Crippen molar-refractivity contribution in [3.05, 3.63) is 78.5 Å². The first-order chi connectivity index (χ1) is 13.0. The molecule has 1 heterocycles. The van der Waals surface area contributed by atoms with Crippen LogP contribution in [-0.2, 0) is 14.8 Å². The number of para-hydroxylation sites is 1. The summed E-state index contributed by atoms with van der Waals surface area (Å²) < 4.78 is 6.75. The number of benzene rings is 2. The summed E-state index contributed by atoms with van der Waals surface area (Å²) in [6, 6.07) is 16.1. The largest absolute Gasteiger partial charge is 0.362 e. The summed E-state index contributed by atoms with van der Waals surface area (Å²) >= 11 is 0.975. The van der Waals surface area contributed by atoms with E-state index >= 15 is 0 Å². The van der Waals surface area contributed by atoms with E-state index in [1.807, 2.05) is 60.8 Å². The second-order valence-corrected chi connectivity index (χ2v) is 7.48. The van der Waals surface area contributed by atoms with E-state index in [2.05, 4.69) is 52.3 Å². The Morgan fingerprint density at radius 2 is 1.89 bits per heavy atom. The summed E-state index contributed by atoms with van der Waals surface area (Å²) in [6.45, 7) is 4.39. The lowest BCUT2D eigenvalue weighted by Gasteiger charge is -2.15. The zero-order valence-corrected chi connectivity index (χ0v) is 16.4. The van der Waals surface area contributed by atoms with Gasteiger partial charge in [0.25, 0.3) is 0 Å². The Morgan fingerprint density at radius 1 is 1.11 bits per heavy atom. The number of anilines is 1. The maximum absolute atomic E-state index is 8.35. The third kappa shape index (κ3) is 4.31. The van der Waals surface area contributed by atoms with E-state index in [0.29, 0.717) is 0 Å². The molecule has 2 aromatic rings. The van der Waals surface area contributed by atoms with Crippen molar-refractivity contribution in [3.8, 4) is 0 Å². The summed E-state index contributed by atoms with van der Waals surface area (Å²) in [5.41, 5.74) is 4.45. The predicted molar refractivity (Wildman–Crippen MR) is 109 cm³/mol. The van der Waals surface area contributed by atoms with E-state index in [1.165, 1.54) is 11.3 Å². The summed E-state index contributed by atoms with van der Waals surface area (Å²) in [5, 5.41) is 15.3. The maximum atomic E-state index is 8.35. The minimum Gasteiger partial charge on any atom is -0.362 e. The molecule has 5 nitrogen and oxygen atoms in total. The molecule has 0 bridgehead atoms. The van der Waals surface area contributed by atoms with Crippen LogP contribution in [0.3, 0.4) is 0 Å². The Morgan fingerprint density at radius 3 is 2.63 bits per heavy atom. The number of allylic oxidation sites excluding steroid dienone is 3. The van der Waals surface area contributed by atoms with Crippen LogP contribution in [0.15, 0.2) is 77.9 Å². The highest BCUT2D eigenvalue weighted by Gasteiger charge is 2.42. The zero-order chi connectivity index (χ0) is 19.3. The minimum absolute atomic E-state index is 0.155. The molecule has 0 saturated heterocycles. The lowest BCUT2D eigenvalue weighted by molar-refractivity contribution is -0.432. The predicted octanol–water partition coefficient (Wildman–Crippen LogP) is 5.30. The molecule has 6 heteroatoms. The van der Waals surface area contributed by atoms with Crippen LogP contribution in [0, 0.1) is 0 Å². The van der Waals surface area contributed by atoms with E-state index in [1.54, 1.807) is 0 Å². The van der Waals surface area contributed by atoms with Crippen LogP contribution in [0.2, 0.25) is 0 Å². The molecule has 0 aliphatic carbocycles. The van der Waals surface area contributed by atoms with Crippen LogP contribution < -0.4 is 5.32 Å². The normalized spacial score (nSPS) is 15.7. The lowest BCUT2D eigenvalue weighted by Crippen LogP contribution is -2.26. The van der Waals surface area contributed by atoms with Crippen LogP contribution in [0.5, 0.6) is 0 Å². The Bertz CT molecular complexity index is 890.